The van der Waals surface area contributed by atoms with Gasteiger partial charge in [-0.25, -0.2) is 14.4 Å². The maximum Gasteiger partial charge on any atom is 0.433 e. The Bertz CT molecular complexity index is 824. The van der Waals surface area contributed by atoms with Crippen LogP contribution >= 0.6 is 0 Å². The van der Waals surface area contributed by atoms with E-state index in [4.69, 9.17) is 0 Å². The van der Waals surface area contributed by atoms with Gasteiger partial charge in [-0.15, -0.1) is 0 Å². The molecule has 152 valence electrons. The molecular weight excluding hydrogens is 374 g/mol. The first-order valence-corrected chi connectivity index (χ1v) is 9.06. The Morgan fingerprint density at radius 2 is 1.64 bits per heavy atom. The fourth-order valence-electron chi connectivity index (χ4n) is 3.28. The van der Waals surface area contributed by atoms with Crippen LogP contribution in [0, 0.1) is 5.82 Å². The molecular formula is C19H23F4N5. The Labute approximate surface area is 161 Å². The standard InChI is InChI=1S/C19H23F4N5/c1-18(2,3)16-14(20)17(26-12-25-16)28-9-7-27(8-10-28)11-13-5-4-6-24-15(13)19(21,22)23/h4-6,12H,7-11H2,1-3H3. The quantitative estimate of drug-likeness (QED) is 0.740. The third-order valence-corrected chi connectivity index (χ3v) is 4.71. The van der Waals surface area contributed by atoms with Crippen molar-refractivity contribution in [1.82, 2.24) is 19.9 Å². The van der Waals surface area contributed by atoms with E-state index in [0.29, 0.717) is 31.9 Å². The first-order valence-electron chi connectivity index (χ1n) is 9.06. The average Bonchev–Trinajstić information content (AvgIpc) is 2.61. The lowest BCUT2D eigenvalue weighted by molar-refractivity contribution is -0.142. The first kappa shape index (κ1) is 20.4. The van der Waals surface area contributed by atoms with Crippen LogP contribution in [0.1, 0.15) is 37.7 Å². The first-order chi connectivity index (χ1) is 13.1. The number of pyridine rings is 1. The Hall–Kier alpha value is -2.29. The molecule has 0 radical (unpaired) electrons. The minimum absolute atomic E-state index is 0.145. The Morgan fingerprint density at radius 1 is 0.964 bits per heavy atom. The highest BCUT2D eigenvalue weighted by Crippen LogP contribution is 2.31. The molecule has 1 saturated heterocycles. The topological polar surface area (TPSA) is 45.2 Å². The summed E-state index contributed by atoms with van der Waals surface area (Å²) in [4.78, 5) is 15.4. The third-order valence-electron chi connectivity index (χ3n) is 4.71. The number of rotatable bonds is 3. The molecule has 1 aliphatic rings. The molecule has 2 aromatic heterocycles. The van der Waals surface area contributed by atoms with E-state index in [2.05, 4.69) is 15.0 Å². The Kier molecular flexibility index (Phi) is 5.56. The van der Waals surface area contributed by atoms with Crippen molar-refractivity contribution in [2.75, 3.05) is 31.1 Å². The van der Waals surface area contributed by atoms with Crippen LogP contribution in [0.15, 0.2) is 24.7 Å². The van der Waals surface area contributed by atoms with Gasteiger partial charge in [-0.2, -0.15) is 13.2 Å². The zero-order valence-corrected chi connectivity index (χ0v) is 16.1. The lowest BCUT2D eigenvalue weighted by Gasteiger charge is -2.36. The van der Waals surface area contributed by atoms with Gasteiger partial charge in [0.15, 0.2) is 11.6 Å². The Morgan fingerprint density at radius 3 is 2.25 bits per heavy atom. The summed E-state index contributed by atoms with van der Waals surface area (Å²) in [6, 6.07) is 2.95. The molecule has 0 amide bonds. The maximum absolute atomic E-state index is 14.9. The van der Waals surface area contributed by atoms with E-state index in [1.54, 1.807) is 0 Å². The van der Waals surface area contributed by atoms with Crippen LogP contribution in [-0.4, -0.2) is 46.0 Å². The predicted octanol–water partition coefficient (Wildman–Crippen LogP) is 3.65. The van der Waals surface area contributed by atoms with E-state index in [9.17, 15) is 17.6 Å². The number of anilines is 1. The average molecular weight is 397 g/mol. The van der Waals surface area contributed by atoms with Crippen LogP contribution in [0.5, 0.6) is 0 Å². The second kappa shape index (κ2) is 7.62. The number of alkyl halides is 3. The lowest BCUT2D eigenvalue weighted by Crippen LogP contribution is -2.47. The van der Waals surface area contributed by atoms with Crippen LogP contribution in [0.3, 0.4) is 0 Å². The fraction of sp³-hybridized carbons (Fsp3) is 0.526. The molecule has 0 aromatic carbocycles. The molecule has 0 atom stereocenters. The highest BCUT2D eigenvalue weighted by Gasteiger charge is 2.35. The molecule has 5 nitrogen and oxygen atoms in total. The van der Waals surface area contributed by atoms with Crippen LogP contribution in [0.25, 0.3) is 0 Å². The molecule has 0 unspecified atom stereocenters. The van der Waals surface area contributed by atoms with Crippen molar-refractivity contribution in [3.05, 3.63) is 47.4 Å². The van der Waals surface area contributed by atoms with Gasteiger partial charge in [0.25, 0.3) is 0 Å². The summed E-state index contributed by atoms with van der Waals surface area (Å²) in [5, 5.41) is 0. The van der Waals surface area contributed by atoms with Crippen molar-refractivity contribution in [2.24, 2.45) is 0 Å². The number of piperazine rings is 1. The van der Waals surface area contributed by atoms with Crippen molar-refractivity contribution in [3.8, 4) is 0 Å². The minimum Gasteiger partial charge on any atom is -0.352 e. The summed E-state index contributed by atoms with van der Waals surface area (Å²) in [5.41, 5.74) is -0.802. The third kappa shape index (κ3) is 4.40. The number of aromatic nitrogens is 3. The zero-order valence-electron chi connectivity index (χ0n) is 16.1. The van der Waals surface area contributed by atoms with Crippen molar-refractivity contribution >= 4 is 5.82 Å². The number of hydrogen-bond acceptors (Lipinski definition) is 5. The van der Waals surface area contributed by atoms with Gasteiger partial charge < -0.3 is 4.90 Å². The van der Waals surface area contributed by atoms with Crippen LogP contribution in [-0.2, 0) is 18.1 Å². The van der Waals surface area contributed by atoms with Crippen molar-refractivity contribution in [2.45, 2.75) is 38.9 Å². The zero-order chi connectivity index (χ0) is 20.5. The summed E-state index contributed by atoms with van der Waals surface area (Å²) in [7, 11) is 0. The summed E-state index contributed by atoms with van der Waals surface area (Å²) in [6.07, 6.45) is -1.97. The van der Waals surface area contributed by atoms with E-state index < -0.39 is 23.1 Å². The number of halogens is 4. The van der Waals surface area contributed by atoms with E-state index in [1.807, 2.05) is 30.6 Å². The van der Waals surface area contributed by atoms with E-state index >= 15 is 0 Å². The van der Waals surface area contributed by atoms with Gasteiger partial charge in [0.2, 0.25) is 0 Å². The summed E-state index contributed by atoms with van der Waals surface area (Å²) in [5.74, 6) is -0.188. The molecule has 0 saturated carbocycles. The molecule has 9 heteroatoms. The molecule has 3 heterocycles. The largest absolute Gasteiger partial charge is 0.433 e. The van der Waals surface area contributed by atoms with E-state index in [-0.39, 0.29) is 17.9 Å². The minimum atomic E-state index is -4.48. The van der Waals surface area contributed by atoms with Gasteiger partial charge >= 0.3 is 6.18 Å². The predicted molar refractivity (Wildman–Crippen MR) is 97.4 cm³/mol. The van der Waals surface area contributed by atoms with Crippen molar-refractivity contribution in [1.29, 1.82) is 0 Å². The second-order valence-electron chi connectivity index (χ2n) is 7.88. The van der Waals surface area contributed by atoms with Crippen LogP contribution in [0.2, 0.25) is 0 Å². The van der Waals surface area contributed by atoms with Gasteiger partial charge in [-0.1, -0.05) is 26.8 Å². The highest BCUT2D eigenvalue weighted by atomic mass is 19.4. The fourth-order valence-corrected chi connectivity index (χ4v) is 3.28. The van der Waals surface area contributed by atoms with Gasteiger partial charge in [0.05, 0.1) is 5.69 Å². The van der Waals surface area contributed by atoms with Crippen molar-refractivity contribution < 1.29 is 17.6 Å². The molecule has 3 rings (SSSR count). The highest BCUT2D eigenvalue weighted by molar-refractivity contribution is 5.43. The molecule has 1 fully saturated rings. The van der Waals surface area contributed by atoms with Crippen LogP contribution < -0.4 is 4.90 Å². The molecule has 28 heavy (non-hydrogen) atoms. The van der Waals surface area contributed by atoms with Gasteiger partial charge in [-0.3, -0.25) is 9.88 Å². The second-order valence-corrected chi connectivity index (χ2v) is 7.88. The monoisotopic (exact) mass is 397 g/mol. The lowest BCUT2D eigenvalue weighted by atomic mass is 9.91. The molecule has 0 N–H and O–H groups in total. The smallest absolute Gasteiger partial charge is 0.352 e. The van der Waals surface area contributed by atoms with Gasteiger partial charge in [0.1, 0.15) is 12.0 Å². The molecule has 1 aliphatic heterocycles. The Balaban J connectivity index is 1.70. The SMILES string of the molecule is CC(C)(C)c1ncnc(N2CCN(Cc3cccnc3C(F)(F)F)CC2)c1F. The maximum atomic E-state index is 14.9. The summed E-state index contributed by atoms with van der Waals surface area (Å²) >= 11 is 0. The summed E-state index contributed by atoms with van der Waals surface area (Å²) < 4.78 is 54.2. The summed E-state index contributed by atoms with van der Waals surface area (Å²) in [6.45, 7) is 7.74. The molecule has 2 aromatic rings. The van der Waals surface area contributed by atoms with E-state index in [1.165, 1.54) is 18.5 Å². The molecule has 0 bridgehead atoms. The number of hydrogen-bond donors (Lipinski definition) is 0. The van der Waals surface area contributed by atoms with Crippen molar-refractivity contribution in [3.63, 3.8) is 0 Å². The molecule has 0 spiro atoms. The van der Waals surface area contributed by atoms with Gasteiger partial charge in [-0.05, 0) is 11.6 Å². The number of nitrogens with zero attached hydrogens (tertiary/aromatic N) is 5. The van der Waals surface area contributed by atoms with Gasteiger partial charge in [0, 0.05) is 44.3 Å². The van der Waals surface area contributed by atoms with Crippen LogP contribution in [0.4, 0.5) is 23.4 Å². The normalized spacial score (nSPS) is 16.5. The molecule has 0 aliphatic carbocycles. The van der Waals surface area contributed by atoms with E-state index in [0.717, 1.165) is 6.20 Å².